The summed E-state index contributed by atoms with van der Waals surface area (Å²) in [6, 6.07) is 0.652. The molecule has 2 saturated carbocycles. The molecule has 1 N–H and O–H groups in total. The van der Waals surface area contributed by atoms with Crippen molar-refractivity contribution in [3.63, 3.8) is 0 Å². The van der Waals surface area contributed by atoms with E-state index in [2.05, 4.69) is 26.6 Å². The number of piperidine rings is 1. The number of rotatable bonds is 4. The lowest BCUT2D eigenvalue weighted by Crippen LogP contribution is -2.48. The zero-order valence-corrected chi connectivity index (χ0v) is 14.3. The number of aliphatic hydroxyl groups is 1. The normalized spacial score (nSPS) is 36.3. The van der Waals surface area contributed by atoms with Crippen molar-refractivity contribution in [1.29, 1.82) is 0 Å². The Labute approximate surface area is 139 Å². The highest BCUT2D eigenvalue weighted by molar-refractivity contribution is 5.04. The third kappa shape index (κ3) is 3.45. The van der Waals surface area contributed by atoms with Crippen LogP contribution in [-0.2, 0) is 0 Å². The van der Waals surface area contributed by atoms with E-state index in [1.165, 1.54) is 44.3 Å². The van der Waals surface area contributed by atoms with Crippen LogP contribution in [-0.4, -0.2) is 50.0 Å². The molecule has 2 aliphatic carbocycles. The molecule has 128 valence electrons. The Hall–Kier alpha value is -0.940. The molecule has 1 aliphatic heterocycles. The van der Waals surface area contributed by atoms with E-state index in [0.717, 1.165) is 38.4 Å². The van der Waals surface area contributed by atoms with E-state index in [9.17, 15) is 5.11 Å². The van der Waals surface area contributed by atoms with Gasteiger partial charge in [-0.2, -0.15) is 0 Å². The number of hydrogen-bond acceptors (Lipinski definition) is 4. The molecule has 23 heavy (non-hydrogen) atoms. The lowest BCUT2D eigenvalue weighted by atomic mass is 9.79. The van der Waals surface area contributed by atoms with E-state index in [1.54, 1.807) is 0 Å². The Morgan fingerprint density at radius 3 is 2.74 bits per heavy atom. The molecule has 0 spiro atoms. The van der Waals surface area contributed by atoms with Gasteiger partial charge in [0.25, 0.3) is 0 Å². The number of likely N-dealkylation sites (tertiary alicyclic amines) is 1. The third-order valence-corrected chi connectivity index (χ3v) is 6.13. The molecule has 5 heteroatoms. The van der Waals surface area contributed by atoms with Gasteiger partial charge in [0, 0.05) is 25.0 Å². The fraction of sp³-hybridized carbons (Fsp3) is 0.889. The van der Waals surface area contributed by atoms with Crippen molar-refractivity contribution in [2.45, 2.75) is 75.9 Å². The molecule has 2 heterocycles. The molecule has 0 bridgehead atoms. The van der Waals surface area contributed by atoms with Crippen molar-refractivity contribution in [3.05, 3.63) is 12.2 Å². The Bertz CT molecular complexity index is 531. The van der Waals surface area contributed by atoms with E-state index < -0.39 is 5.60 Å². The largest absolute Gasteiger partial charge is 0.389 e. The molecule has 0 radical (unpaired) electrons. The first-order chi connectivity index (χ1) is 11.1. The summed E-state index contributed by atoms with van der Waals surface area (Å²) in [4.78, 5) is 2.48. The molecule has 1 unspecified atom stereocenters. The van der Waals surface area contributed by atoms with Crippen LogP contribution in [0, 0.1) is 5.92 Å². The van der Waals surface area contributed by atoms with E-state index in [-0.39, 0.29) is 0 Å². The SMILES string of the molecule is CC1CCC(O)(CN2CCCC(c3nncn3C3CC3)C2)CC1. The van der Waals surface area contributed by atoms with Crippen LogP contribution in [0.5, 0.6) is 0 Å². The Morgan fingerprint density at radius 2 is 2.00 bits per heavy atom. The number of β-amino-alcohol motifs (C(OH)–C–C–N with tert-alkyl or cyclic N) is 1. The smallest absolute Gasteiger partial charge is 0.137 e. The van der Waals surface area contributed by atoms with Gasteiger partial charge >= 0.3 is 0 Å². The van der Waals surface area contributed by atoms with Gasteiger partial charge in [-0.15, -0.1) is 10.2 Å². The summed E-state index contributed by atoms with van der Waals surface area (Å²) >= 11 is 0. The summed E-state index contributed by atoms with van der Waals surface area (Å²) < 4.78 is 2.31. The molecular formula is C18H30N4O. The monoisotopic (exact) mass is 318 g/mol. The van der Waals surface area contributed by atoms with Gasteiger partial charge < -0.3 is 9.67 Å². The molecule has 1 saturated heterocycles. The molecule has 3 fully saturated rings. The second kappa shape index (κ2) is 6.17. The summed E-state index contributed by atoms with van der Waals surface area (Å²) in [5.74, 6) is 2.45. The predicted octanol–water partition coefficient (Wildman–Crippen LogP) is 2.73. The Morgan fingerprint density at radius 1 is 1.22 bits per heavy atom. The molecule has 1 aromatic heterocycles. The maximum absolute atomic E-state index is 10.9. The molecule has 3 aliphatic rings. The quantitative estimate of drug-likeness (QED) is 0.927. The van der Waals surface area contributed by atoms with Gasteiger partial charge in [0.05, 0.1) is 5.60 Å². The predicted molar refractivity (Wildman–Crippen MR) is 89.3 cm³/mol. The van der Waals surface area contributed by atoms with Crippen molar-refractivity contribution in [3.8, 4) is 0 Å². The maximum Gasteiger partial charge on any atom is 0.137 e. The Kier molecular flexibility index (Phi) is 4.18. The summed E-state index contributed by atoms with van der Waals surface area (Å²) in [6.07, 6.45) is 11.2. The van der Waals surface area contributed by atoms with Gasteiger partial charge in [-0.05, 0) is 63.8 Å². The molecule has 5 nitrogen and oxygen atoms in total. The number of aromatic nitrogens is 3. The average molecular weight is 318 g/mol. The van der Waals surface area contributed by atoms with E-state index in [0.29, 0.717) is 12.0 Å². The molecule has 1 atom stereocenters. The van der Waals surface area contributed by atoms with Crippen LogP contribution in [0.4, 0.5) is 0 Å². The minimum absolute atomic E-state index is 0.460. The van der Waals surface area contributed by atoms with Gasteiger partial charge in [0.2, 0.25) is 0 Å². The van der Waals surface area contributed by atoms with Crippen LogP contribution in [0.15, 0.2) is 6.33 Å². The van der Waals surface area contributed by atoms with Crippen LogP contribution in [0.25, 0.3) is 0 Å². The molecule has 0 aromatic carbocycles. The van der Waals surface area contributed by atoms with Crippen molar-refractivity contribution >= 4 is 0 Å². The first kappa shape index (κ1) is 15.6. The summed E-state index contributed by atoms with van der Waals surface area (Å²) in [5, 5.41) is 19.5. The highest BCUT2D eigenvalue weighted by Gasteiger charge is 2.36. The van der Waals surface area contributed by atoms with E-state index >= 15 is 0 Å². The van der Waals surface area contributed by atoms with Crippen LogP contribution in [0.3, 0.4) is 0 Å². The van der Waals surface area contributed by atoms with Crippen LogP contribution >= 0.6 is 0 Å². The topological polar surface area (TPSA) is 54.2 Å². The van der Waals surface area contributed by atoms with Gasteiger partial charge in [-0.1, -0.05) is 6.92 Å². The highest BCUT2D eigenvalue weighted by Crippen LogP contribution is 2.38. The van der Waals surface area contributed by atoms with Gasteiger partial charge in [0.1, 0.15) is 12.2 Å². The number of hydrogen-bond donors (Lipinski definition) is 1. The van der Waals surface area contributed by atoms with Crippen molar-refractivity contribution in [2.24, 2.45) is 5.92 Å². The number of nitrogens with zero attached hydrogens (tertiary/aromatic N) is 4. The minimum atomic E-state index is -0.460. The zero-order valence-electron chi connectivity index (χ0n) is 14.3. The summed E-state index contributed by atoms with van der Waals surface area (Å²) in [7, 11) is 0. The van der Waals surface area contributed by atoms with Crippen LogP contribution < -0.4 is 0 Å². The fourth-order valence-corrected chi connectivity index (χ4v) is 4.46. The first-order valence-corrected chi connectivity index (χ1v) is 9.47. The fourth-order valence-electron chi connectivity index (χ4n) is 4.46. The molecular weight excluding hydrogens is 288 g/mol. The summed E-state index contributed by atoms with van der Waals surface area (Å²) in [5.41, 5.74) is -0.460. The van der Waals surface area contributed by atoms with Crippen LogP contribution in [0.1, 0.15) is 76.1 Å². The third-order valence-electron chi connectivity index (χ3n) is 6.13. The van der Waals surface area contributed by atoms with Gasteiger partial charge in [-0.3, -0.25) is 4.90 Å². The standard InChI is InChI=1S/C18H30N4O/c1-14-6-8-18(23,9-7-14)12-21-10-2-3-15(11-21)17-20-19-13-22(17)16-4-5-16/h13-16,23H,2-12H2,1H3. The lowest BCUT2D eigenvalue weighted by molar-refractivity contribution is -0.0400. The summed E-state index contributed by atoms with van der Waals surface area (Å²) in [6.45, 7) is 5.30. The van der Waals surface area contributed by atoms with E-state index in [1.807, 2.05) is 6.33 Å². The molecule has 1 aromatic rings. The van der Waals surface area contributed by atoms with E-state index in [4.69, 9.17) is 0 Å². The van der Waals surface area contributed by atoms with Crippen molar-refractivity contribution < 1.29 is 5.11 Å². The second-order valence-electron chi connectivity index (χ2n) is 8.31. The zero-order chi connectivity index (χ0) is 15.9. The lowest BCUT2D eigenvalue weighted by Gasteiger charge is -2.41. The maximum atomic E-state index is 10.9. The highest BCUT2D eigenvalue weighted by atomic mass is 16.3. The average Bonchev–Trinajstić information content (AvgIpc) is 3.27. The van der Waals surface area contributed by atoms with Crippen molar-refractivity contribution in [1.82, 2.24) is 19.7 Å². The first-order valence-electron chi connectivity index (χ1n) is 9.47. The van der Waals surface area contributed by atoms with Gasteiger partial charge in [-0.25, -0.2) is 0 Å². The van der Waals surface area contributed by atoms with Crippen LogP contribution in [0.2, 0.25) is 0 Å². The molecule has 0 amide bonds. The minimum Gasteiger partial charge on any atom is -0.389 e. The van der Waals surface area contributed by atoms with Gasteiger partial charge in [0.15, 0.2) is 0 Å². The molecule has 4 rings (SSSR count). The van der Waals surface area contributed by atoms with Crippen molar-refractivity contribution in [2.75, 3.05) is 19.6 Å². The Balaban J connectivity index is 1.40. The second-order valence-corrected chi connectivity index (χ2v) is 8.31.